The Balaban J connectivity index is 1.45. The minimum absolute atomic E-state index is 0.300. The lowest BCUT2D eigenvalue weighted by atomic mass is 10.2. The molecule has 9 heteroatoms. The molecule has 2 amide bonds. The monoisotopic (exact) mass is 408 g/mol. The summed E-state index contributed by atoms with van der Waals surface area (Å²) >= 11 is 8.82. The zero-order chi connectivity index (χ0) is 18.4. The Morgan fingerprint density at radius 2 is 2.08 bits per heavy atom. The third-order valence-electron chi connectivity index (χ3n) is 3.36. The van der Waals surface area contributed by atoms with E-state index in [9.17, 15) is 4.79 Å². The number of benzene rings is 1. The van der Waals surface area contributed by atoms with Gasteiger partial charge < -0.3 is 9.73 Å². The molecule has 3 rings (SSSR count). The number of amides is 2. The molecule has 1 aromatic carbocycles. The molecule has 136 valence electrons. The van der Waals surface area contributed by atoms with Gasteiger partial charge in [-0.25, -0.2) is 14.8 Å². The van der Waals surface area contributed by atoms with Gasteiger partial charge in [0.1, 0.15) is 5.76 Å². The van der Waals surface area contributed by atoms with E-state index in [0.29, 0.717) is 28.3 Å². The van der Waals surface area contributed by atoms with E-state index in [2.05, 4.69) is 20.6 Å². The van der Waals surface area contributed by atoms with E-state index in [1.807, 2.05) is 19.1 Å². The molecule has 0 bridgehead atoms. The van der Waals surface area contributed by atoms with Crippen molar-refractivity contribution in [1.29, 1.82) is 0 Å². The van der Waals surface area contributed by atoms with E-state index in [0.717, 1.165) is 22.0 Å². The molecule has 26 heavy (non-hydrogen) atoms. The number of carbonyl (C=O) groups is 1. The molecule has 0 radical (unpaired) electrons. The van der Waals surface area contributed by atoms with Crippen molar-refractivity contribution in [3.63, 3.8) is 0 Å². The van der Waals surface area contributed by atoms with Crippen molar-refractivity contribution in [2.75, 3.05) is 5.32 Å². The third kappa shape index (κ3) is 5.48. The fraction of sp³-hybridized carbons (Fsp3) is 0.235. The van der Waals surface area contributed by atoms with Crippen molar-refractivity contribution in [1.82, 2.24) is 15.3 Å². The number of oxazole rings is 1. The van der Waals surface area contributed by atoms with Gasteiger partial charge in [-0.05, 0) is 17.7 Å². The van der Waals surface area contributed by atoms with Crippen molar-refractivity contribution < 1.29 is 9.21 Å². The Hall–Kier alpha value is -2.03. The summed E-state index contributed by atoms with van der Waals surface area (Å²) in [5.74, 6) is 2.20. The van der Waals surface area contributed by atoms with E-state index in [1.165, 1.54) is 11.3 Å². The molecule has 0 fully saturated rings. The number of nitrogens with zero attached hydrogens (tertiary/aromatic N) is 2. The lowest BCUT2D eigenvalue weighted by Gasteiger charge is -2.05. The lowest BCUT2D eigenvalue weighted by molar-refractivity contribution is 0.251. The summed E-state index contributed by atoms with van der Waals surface area (Å²) in [6.07, 6.45) is 4.31. The van der Waals surface area contributed by atoms with Crippen LogP contribution in [-0.4, -0.2) is 16.0 Å². The van der Waals surface area contributed by atoms with E-state index in [1.54, 1.807) is 36.3 Å². The summed E-state index contributed by atoms with van der Waals surface area (Å²) in [5.41, 5.74) is 0.970. The number of hydrogen-bond acceptors (Lipinski definition) is 6. The van der Waals surface area contributed by atoms with Gasteiger partial charge >= 0.3 is 6.03 Å². The highest BCUT2D eigenvalue weighted by molar-refractivity contribution is 8.00. The fourth-order valence-corrected chi connectivity index (χ4v) is 3.87. The molecule has 6 nitrogen and oxygen atoms in total. The van der Waals surface area contributed by atoms with Crippen LogP contribution >= 0.6 is 34.7 Å². The molecule has 0 atom stereocenters. The molecule has 0 saturated heterocycles. The highest BCUT2D eigenvalue weighted by Crippen LogP contribution is 2.30. The van der Waals surface area contributed by atoms with Crippen LogP contribution in [0.4, 0.5) is 9.93 Å². The van der Waals surface area contributed by atoms with E-state index in [4.69, 9.17) is 16.0 Å². The first-order chi connectivity index (χ1) is 12.6. The standard InChI is InChI=1S/C17H17ClN4O2S2/c1-2-13-8-19-14(24-13)10-25-15-9-21-17(26-15)22-16(23)20-7-11-3-5-12(18)6-4-11/h3-6,8-9H,2,7,10H2,1H3,(H2,20,21,22,23). The Bertz CT molecular complexity index is 864. The molecular formula is C17H17ClN4O2S2. The van der Waals surface area contributed by atoms with Crippen LogP contribution in [0.15, 0.2) is 45.3 Å². The second-order valence-electron chi connectivity index (χ2n) is 5.28. The first kappa shape index (κ1) is 18.8. The predicted octanol–water partition coefficient (Wildman–Crippen LogP) is 4.96. The maximum atomic E-state index is 12.0. The zero-order valence-corrected chi connectivity index (χ0v) is 16.4. The van der Waals surface area contributed by atoms with Crippen molar-refractivity contribution in [2.45, 2.75) is 29.9 Å². The van der Waals surface area contributed by atoms with Crippen LogP contribution in [0, 0.1) is 0 Å². The second kappa shape index (κ2) is 9.07. The summed E-state index contributed by atoms with van der Waals surface area (Å²) in [6, 6.07) is 7.02. The van der Waals surface area contributed by atoms with Gasteiger partial charge in [0.15, 0.2) is 5.13 Å². The quantitative estimate of drug-likeness (QED) is 0.540. The highest BCUT2D eigenvalue weighted by atomic mass is 35.5. The number of thiazole rings is 1. The summed E-state index contributed by atoms with van der Waals surface area (Å²) in [4.78, 5) is 20.4. The molecule has 2 heterocycles. The Morgan fingerprint density at radius 1 is 1.27 bits per heavy atom. The normalized spacial score (nSPS) is 10.7. The minimum atomic E-state index is -0.300. The van der Waals surface area contributed by atoms with Crippen LogP contribution in [-0.2, 0) is 18.7 Å². The van der Waals surface area contributed by atoms with Gasteiger partial charge in [0.05, 0.1) is 22.4 Å². The van der Waals surface area contributed by atoms with Gasteiger partial charge in [-0.15, -0.1) is 11.8 Å². The molecule has 3 aromatic rings. The molecule has 0 unspecified atom stereocenters. The number of nitrogens with one attached hydrogen (secondary N) is 2. The smallest absolute Gasteiger partial charge is 0.321 e. The van der Waals surface area contributed by atoms with Crippen LogP contribution in [0.2, 0.25) is 5.02 Å². The summed E-state index contributed by atoms with van der Waals surface area (Å²) in [6.45, 7) is 2.44. The average Bonchev–Trinajstić information content (AvgIpc) is 3.28. The molecular weight excluding hydrogens is 392 g/mol. The van der Waals surface area contributed by atoms with Gasteiger partial charge in [0, 0.05) is 18.0 Å². The Morgan fingerprint density at radius 3 is 2.81 bits per heavy atom. The summed E-state index contributed by atoms with van der Waals surface area (Å²) in [5, 5.41) is 6.73. The fourth-order valence-electron chi connectivity index (χ4n) is 2.02. The third-order valence-corrected chi connectivity index (χ3v) is 5.70. The number of halogens is 1. The van der Waals surface area contributed by atoms with Crippen molar-refractivity contribution >= 4 is 45.9 Å². The van der Waals surface area contributed by atoms with Crippen LogP contribution in [0.1, 0.15) is 24.1 Å². The Kier molecular flexibility index (Phi) is 6.54. The second-order valence-corrected chi connectivity index (χ2v) is 8.02. The maximum Gasteiger partial charge on any atom is 0.321 e. The molecule has 0 aliphatic rings. The van der Waals surface area contributed by atoms with Crippen LogP contribution < -0.4 is 10.6 Å². The first-order valence-electron chi connectivity index (χ1n) is 7.94. The number of aryl methyl sites for hydroxylation is 1. The van der Waals surface area contributed by atoms with E-state index < -0.39 is 0 Å². The number of aromatic nitrogens is 2. The molecule has 2 N–H and O–H groups in total. The molecule has 0 aliphatic heterocycles. The number of rotatable bonds is 7. The zero-order valence-electron chi connectivity index (χ0n) is 14.0. The summed E-state index contributed by atoms with van der Waals surface area (Å²) < 4.78 is 6.55. The van der Waals surface area contributed by atoms with Gasteiger partial charge in [0.25, 0.3) is 0 Å². The van der Waals surface area contributed by atoms with Crippen molar-refractivity contribution in [2.24, 2.45) is 0 Å². The summed E-state index contributed by atoms with van der Waals surface area (Å²) in [7, 11) is 0. The number of thioether (sulfide) groups is 1. The average molecular weight is 409 g/mol. The number of urea groups is 1. The SMILES string of the molecule is CCc1cnc(CSc2cnc(NC(=O)NCc3ccc(Cl)cc3)s2)o1. The van der Waals surface area contributed by atoms with E-state index in [-0.39, 0.29) is 6.03 Å². The van der Waals surface area contributed by atoms with Crippen LogP contribution in [0.25, 0.3) is 0 Å². The maximum absolute atomic E-state index is 12.0. The highest BCUT2D eigenvalue weighted by Gasteiger charge is 2.09. The minimum Gasteiger partial charge on any atom is -0.445 e. The lowest BCUT2D eigenvalue weighted by Crippen LogP contribution is -2.28. The first-order valence-corrected chi connectivity index (χ1v) is 10.1. The number of hydrogen-bond donors (Lipinski definition) is 2. The van der Waals surface area contributed by atoms with Crippen LogP contribution in [0.3, 0.4) is 0 Å². The van der Waals surface area contributed by atoms with Gasteiger partial charge in [-0.3, -0.25) is 5.32 Å². The number of carbonyl (C=O) groups excluding carboxylic acids is 1. The molecule has 0 aliphatic carbocycles. The van der Waals surface area contributed by atoms with Crippen molar-refractivity contribution in [3.05, 3.63) is 58.9 Å². The Labute approximate surface area is 164 Å². The largest absolute Gasteiger partial charge is 0.445 e. The van der Waals surface area contributed by atoms with Gasteiger partial charge in [-0.1, -0.05) is 42.0 Å². The van der Waals surface area contributed by atoms with Crippen molar-refractivity contribution in [3.8, 4) is 0 Å². The van der Waals surface area contributed by atoms with Gasteiger partial charge in [-0.2, -0.15) is 0 Å². The van der Waals surface area contributed by atoms with Crippen LogP contribution in [0.5, 0.6) is 0 Å². The topological polar surface area (TPSA) is 80.0 Å². The predicted molar refractivity (Wildman–Crippen MR) is 105 cm³/mol. The molecule has 0 spiro atoms. The molecule has 2 aromatic heterocycles. The van der Waals surface area contributed by atoms with Gasteiger partial charge in [0.2, 0.25) is 5.89 Å². The molecule has 0 saturated carbocycles. The number of anilines is 1. The van der Waals surface area contributed by atoms with E-state index >= 15 is 0 Å².